The number of hydrogen-bond donors (Lipinski definition) is 1. The molecule has 1 unspecified atom stereocenters. The van der Waals surface area contributed by atoms with Gasteiger partial charge < -0.3 is 14.5 Å². The Morgan fingerprint density at radius 2 is 1.88 bits per heavy atom. The van der Waals surface area contributed by atoms with Crippen molar-refractivity contribution in [3.05, 3.63) is 41.9 Å². The third-order valence-electron chi connectivity index (χ3n) is 5.10. The number of nitrogens with zero attached hydrogens (tertiary/aromatic N) is 2. The second kappa shape index (κ2) is 7.05. The molecule has 0 amide bonds. The predicted molar refractivity (Wildman–Crippen MR) is 92.9 cm³/mol. The highest BCUT2D eigenvalue weighted by atomic mass is 16.5. The minimum absolute atomic E-state index is 0.209. The molecule has 128 valence electrons. The van der Waals surface area contributed by atoms with Crippen LogP contribution < -0.4 is 0 Å². The zero-order chi connectivity index (χ0) is 16.4. The van der Waals surface area contributed by atoms with E-state index in [1.54, 1.807) is 0 Å². The zero-order valence-corrected chi connectivity index (χ0v) is 14.2. The molecule has 2 aliphatic rings. The van der Waals surface area contributed by atoms with Gasteiger partial charge in [-0.25, -0.2) is 4.98 Å². The molecular weight excluding hydrogens is 302 g/mol. The van der Waals surface area contributed by atoms with Crippen LogP contribution >= 0.6 is 0 Å². The van der Waals surface area contributed by atoms with Gasteiger partial charge in [0.25, 0.3) is 0 Å². The number of aryl methyl sites for hydroxylation is 1. The molecule has 2 aromatic rings. The fourth-order valence-corrected chi connectivity index (χ4v) is 3.69. The summed E-state index contributed by atoms with van der Waals surface area (Å²) in [6, 6.07) is 9.32. The molecule has 0 bridgehead atoms. The fraction of sp³-hybridized carbons (Fsp3) is 0.526. The van der Waals surface area contributed by atoms with Crippen LogP contribution in [0.25, 0.3) is 11.3 Å². The van der Waals surface area contributed by atoms with Gasteiger partial charge in [-0.1, -0.05) is 29.8 Å². The number of ether oxygens (including phenoxy) is 2. The third kappa shape index (κ3) is 3.24. The molecule has 5 nitrogen and oxygen atoms in total. The van der Waals surface area contributed by atoms with E-state index in [4.69, 9.17) is 9.47 Å². The first kappa shape index (κ1) is 15.8. The molecule has 2 saturated heterocycles. The monoisotopic (exact) mass is 327 g/mol. The quantitative estimate of drug-likeness (QED) is 0.942. The molecule has 2 aliphatic heterocycles. The highest BCUT2D eigenvalue weighted by Crippen LogP contribution is 2.29. The Morgan fingerprint density at radius 3 is 2.67 bits per heavy atom. The predicted octanol–water partition coefficient (Wildman–Crippen LogP) is 2.94. The van der Waals surface area contributed by atoms with Crippen molar-refractivity contribution in [3.63, 3.8) is 0 Å². The number of rotatable bonds is 3. The topological polar surface area (TPSA) is 50.4 Å². The summed E-state index contributed by atoms with van der Waals surface area (Å²) in [6.45, 7) is 6.31. The Balaban J connectivity index is 1.56. The molecule has 24 heavy (non-hydrogen) atoms. The van der Waals surface area contributed by atoms with E-state index in [1.807, 2.05) is 6.20 Å². The fourth-order valence-electron chi connectivity index (χ4n) is 3.69. The molecule has 0 spiro atoms. The van der Waals surface area contributed by atoms with E-state index < -0.39 is 0 Å². The van der Waals surface area contributed by atoms with Gasteiger partial charge in [0.2, 0.25) is 0 Å². The molecule has 0 saturated carbocycles. The van der Waals surface area contributed by atoms with Crippen LogP contribution in [0.3, 0.4) is 0 Å². The van der Waals surface area contributed by atoms with Crippen LogP contribution in [-0.4, -0.2) is 53.9 Å². The molecule has 0 aliphatic carbocycles. The van der Waals surface area contributed by atoms with Gasteiger partial charge in [0, 0.05) is 25.8 Å². The van der Waals surface area contributed by atoms with Gasteiger partial charge >= 0.3 is 0 Å². The molecular formula is C19H25N3O2. The summed E-state index contributed by atoms with van der Waals surface area (Å²) in [6.07, 6.45) is 4.14. The van der Waals surface area contributed by atoms with Crippen LogP contribution in [0, 0.1) is 6.92 Å². The normalized spacial score (nSPS) is 23.5. The summed E-state index contributed by atoms with van der Waals surface area (Å²) >= 11 is 0. The number of imidazole rings is 1. The van der Waals surface area contributed by atoms with Crippen molar-refractivity contribution in [2.24, 2.45) is 0 Å². The first-order chi connectivity index (χ1) is 11.8. The maximum atomic E-state index is 5.76. The van der Waals surface area contributed by atoms with Gasteiger partial charge in [0.15, 0.2) is 0 Å². The van der Waals surface area contributed by atoms with E-state index >= 15 is 0 Å². The summed E-state index contributed by atoms with van der Waals surface area (Å²) < 4.78 is 11.3. The second-order valence-corrected chi connectivity index (χ2v) is 6.72. The standard InChI is InChI=1S/C19H25N3O2/c1-14-2-4-15(5-3-14)17-12-20-19(21-17)18-13-24-11-8-22(18)16-6-9-23-10-7-16/h2-5,12,16,18H,6-11,13H2,1H3,(H,20,21). The van der Waals surface area contributed by atoms with Crippen molar-refractivity contribution in [2.45, 2.75) is 31.8 Å². The van der Waals surface area contributed by atoms with Crippen molar-refractivity contribution in [1.82, 2.24) is 14.9 Å². The van der Waals surface area contributed by atoms with E-state index in [2.05, 4.69) is 46.1 Å². The summed E-state index contributed by atoms with van der Waals surface area (Å²) in [4.78, 5) is 10.8. The van der Waals surface area contributed by atoms with Crippen LogP contribution in [0.15, 0.2) is 30.5 Å². The Labute approximate surface area is 143 Å². The summed E-state index contributed by atoms with van der Waals surface area (Å²) in [5, 5.41) is 0. The van der Waals surface area contributed by atoms with Crippen molar-refractivity contribution in [3.8, 4) is 11.3 Å². The Bertz CT molecular complexity index is 662. The second-order valence-electron chi connectivity index (χ2n) is 6.72. The number of morpholine rings is 1. The smallest absolute Gasteiger partial charge is 0.126 e. The first-order valence-corrected chi connectivity index (χ1v) is 8.84. The van der Waals surface area contributed by atoms with Crippen LogP contribution in [-0.2, 0) is 9.47 Å². The van der Waals surface area contributed by atoms with Crippen molar-refractivity contribution in [2.75, 3.05) is 33.0 Å². The Hall–Kier alpha value is -1.69. The van der Waals surface area contributed by atoms with E-state index in [9.17, 15) is 0 Å². The van der Waals surface area contributed by atoms with Crippen LogP contribution in [0.2, 0.25) is 0 Å². The molecule has 3 heterocycles. The summed E-state index contributed by atoms with van der Waals surface area (Å²) in [7, 11) is 0. The maximum absolute atomic E-state index is 5.76. The van der Waals surface area contributed by atoms with E-state index in [0.717, 1.165) is 50.7 Å². The minimum atomic E-state index is 0.209. The Kier molecular flexibility index (Phi) is 4.65. The molecule has 1 atom stereocenters. The molecule has 2 fully saturated rings. The van der Waals surface area contributed by atoms with E-state index in [1.165, 1.54) is 11.1 Å². The van der Waals surface area contributed by atoms with Gasteiger partial charge in [-0.15, -0.1) is 0 Å². The molecule has 1 aromatic carbocycles. The van der Waals surface area contributed by atoms with Crippen molar-refractivity contribution < 1.29 is 9.47 Å². The number of hydrogen-bond acceptors (Lipinski definition) is 4. The third-order valence-corrected chi connectivity index (χ3v) is 5.10. The Morgan fingerprint density at radius 1 is 1.08 bits per heavy atom. The van der Waals surface area contributed by atoms with Gasteiger partial charge in [-0.2, -0.15) is 0 Å². The number of H-pyrrole nitrogens is 1. The van der Waals surface area contributed by atoms with Crippen molar-refractivity contribution >= 4 is 0 Å². The molecule has 4 rings (SSSR count). The van der Waals surface area contributed by atoms with Gasteiger partial charge in [0.05, 0.1) is 31.1 Å². The van der Waals surface area contributed by atoms with E-state index in [-0.39, 0.29) is 6.04 Å². The highest BCUT2D eigenvalue weighted by Gasteiger charge is 2.33. The largest absolute Gasteiger partial charge is 0.381 e. The van der Waals surface area contributed by atoms with Gasteiger partial charge in [0.1, 0.15) is 5.82 Å². The molecule has 0 radical (unpaired) electrons. The number of nitrogens with one attached hydrogen (secondary N) is 1. The van der Waals surface area contributed by atoms with Crippen LogP contribution in [0.1, 0.15) is 30.3 Å². The number of benzene rings is 1. The first-order valence-electron chi connectivity index (χ1n) is 8.84. The lowest BCUT2D eigenvalue weighted by Gasteiger charge is -2.41. The van der Waals surface area contributed by atoms with E-state index in [0.29, 0.717) is 12.6 Å². The lowest BCUT2D eigenvalue weighted by molar-refractivity contribution is -0.0589. The van der Waals surface area contributed by atoms with Crippen LogP contribution in [0.5, 0.6) is 0 Å². The molecule has 5 heteroatoms. The molecule has 1 aromatic heterocycles. The van der Waals surface area contributed by atoms with Gasteiger partial charge in [-0.05, 0) is 25.3 Å². The number of aromatic amines is 1. The molecule has 1 N–H and O–H groups in total. The highest BCUT2D eigenvalue weighted by molar-refractivity contribution is 5.58. The van der Waals surface area contributed by atoms with Crippen molar-refractivity contribution in [1.29, 1.82) is 0 Å². The average molecular weight is 327 g/mol. The zero-order valence-electron chi connectivity index (χ0n) is 14.2. The number of aromatic nitrogens is 2. The lowest BCUT2D eigenvalue weighted by Crippen LogP contribution is -2.48. The average Bonchev–Trinajstić information content (AvgIpc) is 3.13. The van der Waals surface area contributed by atoms with Crippen LogP contribution in [0.4, 0.5) is 0 Å². The summed E-state index contributed by atoms with van der Waals surface area (Å²) in [5.74, 6) is 1.01. The lowest BCUT2D eigenvalue weighted by atomic mass is 10.0. The minimum Gasteiger partial charge on any atom is -0.381 e. The SMILES string of the molecule is Cc1ccc(-c2cnc(C3COCCN3C3CCOCC3)[nH]2)cc1. The maximum Gasteiger partial charge on any atom is 0.126 e. The summed E-state index contributed by atoms with van der Waals surface area (Å²) in [5.41, 5.74) is 3.51. The van der Waals surface area contributed by atoms with Gasteiger partial charge in [-0.3, -0.25) is 4.90 Å².